The highest BCUT2D eigenvalue weighted by atomic mass is 16.5. The van der Waals surface area contributed by atoms with Crippen LogP contribution in [0.2, 0.25) is 0 Å². The minimum atomic E-state index is -0.317. The van der Waals surface area contributed by atoms with Gasteiger partial charge in [0, 0.05) is 18.4 Å². The third kappa shape index (κ3) is 3.38. The van der Waals surface area contributed by atoms with Crippen LogP contribution < -0.4 is 5.43 Å². The first kappa shape index (κ1) is 12.3. The maximum Gasteiger partial charge on any atom is 0.206 e. The lowest BCUT2D eigenvalue weighted by atomic mass is 10.3. The van der Waals surface area contributed by atoms with E-state index in [-0.39, 0.29) is 17.7 Å². The summed E-state index contributed by atoms with van der Waals surface area (Å²) in [6, 6.07) is 1.50. The first-order valence-corrected chi connectivity index (χ1v) is 5.97. The molecule has 5 heteroatoms. The molecule has 1 fully saturated rings. The van der Waals surface area contributed by atoms with Crippen LogP contribution in [0.1, 0.15) is 24.2 Å². The highest BCUT2D eigenvalue weighted by molar-refractivity contribution is 5.06. The van der Waals surface area contributed by atoms with Gasteiger partial charge >= 0.3 is 0 Å². The second-order valence-corrected chi connectivity index (χ2v) is 4.50. The molecule has 0 spiro atoms. The van der Waals surface area contributed by atoms with E-state index in [1.807, 2.05) is 6.92 Å². The molecule has 94 valence electrons. The molecule has 0 amide bonds. The van der Waals surface area contributed by atoms with Crippen molar-refractivity contribution in [3.63, 3.8) is 0 Å². The lowest BCUT2D eigenvalue weighted by Gasteiger charge is -2.10. The first-order chi connectivity index (χ1) is 8.20. The summed E-state index contributed by atoms with van der Waals surface area (Å²) in [5, 5.41) is 13.1. The van der Waals surface area contributed by atoms with Crippen LogP contribution in [0.15, 0.2) is 10.9 Å². The summed E-state index contributed by atoms with van der Waals surface area (Å²) in [4.78, 5) is 11.4. The van der Waals surface area contributed by atoms with Crippen LogP contribution in [0.4, 0.5) is 0 Å². The summed E-state index contributed by atoms with van der Waals surface area (Å²) in [6.07, 6.45) is 2.56. The molecule has 1 saturated carbocycles. The summed E-state index contributed by atoms with van der Waals surface area (Å²) in [6.45, 7) is 3.55. The molecule has 0 atom stereocenters. The Morgan fingerprint density at radius 1 is 1.59 bits per heavy atom. The molecule has 1 aliphatic rings. The highest BCUT2D eigenvalue weighted by Crippen LogP contribution is 2.28. The van der Waals surface area contributed by atoms with Crippen molar-refractivity contribution < 1.29 is 9.84 Å². The Balaban J connectivity index is 1.91. The normalized spacial score (nSPS) is 15.2. The second-order valence-electron chi connectivity index (χ2n) is 4.50. The van der Waals surface area contributed by atoms with Gasteiger partial charge in [0.15, 0.2) is 0 Å². The standard InChI is InChI=1S/C12H18N2O3/c1-9-6-12(16)11(7-15)13-14(9)4-5-17-8-10-2-3-10/h6,10,15H,2-5,7-8H2,1H3. The zero-order chi connectivity index (χ0) is 12.3. The molecular weight excluding hydrogens is 220 g/mol. The van der Waals surface area contributed by atoms with Gasteiger partial charge in [-0.3, -0.25) is 9.48 Å². The van der Waals surface area contributed by atoms with Crippen molar-refractivity contribution in [2.75, 3.05) is 13.2 Å². The number of rotatable bonds is 6. The molecule has 17 heavy (non-hydrogen) atoms. The summed E-state index contributed by atoms with van der Waals surface area (Å²) >= 11 is 0. The number of aryl methyl sites for hydroxylation is 1. The predicted octanol–water partition coefficient (Wildman–Crippen LogP) is 0.471. The van der Waals surface area contributed by atoms with Crippen LogP contribution >= 0.6 is 0 Å². The van der Waals surface area contributed by atoms with Gasteiger partial charge in [0.2, 0.25) is 5.43 Å². The molecular formula is C12H18N2O3. The lowest BCUT2D eigenvalue weighted by molar-refractivity contribution is 0.113. The molecule has 1 aromatic rings. The number of ether oxygens (including phenoxy) is 1. The molecule has 2 rings (SSSR count). The Morgan fingerprint density at radius 3 is 3.00 bits per heavy atom. The average molecular weight is 238 g/mol. The molecule has 0 aromatic carbocycles. The van der Waals surface area contributed by atoms with Gasteiger partial charge in [-0.1, -0.05) is 0 Å². The van der Waals surface area contributed by atoms with Crippen LogP contribution in [0, 0.1) is 12.8 Å². The van der Waals surface area contributed by atoms with Crippen LogP contribution in [0.3, 0.4) is 0 Å². The minimum absolute atomic E-state index is 0.192. The average Bonchev–Trinajstić information content (AvgIpc) is 3.10. The predicted molar refractivity (Wildman–Crippen MR) is 62.7 cm³/mol. The quantitative estimate of drug-likeness (QED) is 0.732. The minimum Gasteiger partial charge on any atom is -0.390 e. The fourth-order valence-corrected chi connectivity index (χ4v) is 1.64. The van der Waals surface area contributed by atoms with E-state index in [1.54, 1.807) is 4.68 Å². The zero-order valence-corrected chi connectivity index (χ0v) is 10.1. The van der Waals surface area contributed by atoms with Crippen molar-refractivity contribution in [3.8, 4) is 0 Å². The Bertz CT molecular complexity index is 438. The summed E-state index contributed by atoms with van der Waals surface area (Å²) in [5.41, 5.74) is 0.778. The first-order valence-electron chi connectivity index (χ1n) is 5.97. The number of aliphatic hydroxyl groups excluding tert-OH is 1. The Labute approximate surface area is 100 Å². The van der Waals surface area contributed by atoms with Crippen molar-refractivity contribution in [3.05, 3.63) is 27.7 Å². The number of nitrogens with zero attached hydrogens (tertiary/aromatic N) is 2. The van der Waals surface area contributed by atoms with E-state index >= 15 is 0 Å². The molecule has 0 radical (unpaired) electrons. The third-order valence-electron chi connectivity index (χ3n) is 2.92. The summed E-state index contributed by atoms with van der Waals surface area (Å²) < 4.78 is 7.23. The van der Waals surface area contributed by atoms with Gasteiger partial charge in [-0.15, -0.1) is 0 Å². The van der Waals surface area contributed by atoms with Gasteiger partial charge in [-0.05, 0) is 25.7 Å². The number of aromatic nitrogens is 2. The second kappa shape index (κ2) is 5.42. The number of hydrogen-bond acceptors (Lipinski definition) is 4. The molecule has 1 N–H and O–H groups in total. The molecule has 5 nitrogen and oxygen atoms in total. The Hall–Kier alpha value is -1.20. The molecule has 1 aromatic heterocycles. The molecule has 0 bridgehead atoms. The highest BCUT2D eigenvalue weighted by Gasteiger charge is 2.20. The van der Waals surface area contributed by atoms with E-state index in [9.17, 15) is 4.79 Å². The Morgan fingerprint density at radius 2 is 2.35 bits per heavy atom. The topological polar surface area (TPSA) is 64.3 Å². The van der Waals surface area contributed by atoms with E-state index in [0.29, 0.717) is 13.2 Å². The van der Waals surface area contributed by atoms with Gasteiger partial charge < -0.3 is 9.84 Å². The van der Waals surface area contributed by atoms with Crippen molar-refractivity contribution >= 4 is 0 Å². The smallest absolute Gasteiger partial charge is 0.206 e. The molecule has 0 unspecified atom stereocenters. The maximum atomic E-state index is 11.4. The van der Waals surface area contributed by atoms with Gasteiger partial charge in [0.1, 0.15) is 5.69 Å². The van der Waals surface area contributed by atoms with Crippen LogP contribution in [-0.2, 0) is 17.9 Å². The summed E-state index contributed by atoms with van der Waals surface area (Å²) in [7, 11) is 0. The Kier molecular flexibility index (Phi) is 3.91. The van der Waals surface area contributed by atoms with E-state index < -0.39 is 0 Å². The van der Waals surface area contributed by atoms with E-state index in [4.69, 9.17) is 9.84 Å². The van der Waals surface area contributed by atoms with Gasteiger partial charge in [0.25, 0.3) is 0 Å². The molecule has 0 saturated heterocycles. The zero-order valence-electron chi connectivity index (χ0n) is 10.1. The van der Waals surface area contributed by atoms with E-state index in [0.717, 1.165) is 18.2 Å². The van der Waals surface area contributed by atoms with Crippen LogP contribution in [-0.4, -0.2) is 28.1 Å². The van der Waals surface area contributed by atoms with E-state index in [2.05, 4.69) is 5.10 Å². The van der Waals surface area contributed by atoms with Crippen molar-refractivity contribution in [2.24, 2.45) is 5.92 Å². The third-order valence-corrected chi connectivity index (χ3v) is 2.92. The SMILES string of the molecule is Cc1cc(=O)c(CO)nn1CCOCC1CC1. The largest absolute Gasteiger partial charge is 0.390 e. The van der Waals surface area contributed by atoms with Gasteiger partial charge in [-0.25, -0.2) is 0 Å². The van der Waals surface area contributed by atoms with Crippen molar-refractivity contribution in [2.45, 2.75) is 32.9 Å². The lowest BCUT2D eigenvalue weighted by Crippen LogP contribution is -2.21. The fraction of sp³-hybridized carbons (Fsp3) is 0.667. The van der Waals surface area contributed by atoms with Crippen molar-refractivity contribution in [1.29, 1.82) is 0 Å². The molecule has 1 heterocycles. The van der Waals surface area contributed by atoms with E-state index in [1.165, 1.54) is 18.9 Å². The van der Waals surface area contributed by atoms with Gasteiger partial charge in [0.05, 0.1) is 19.8 Å². The van der Waals surface area contributed by atoms with Crippen LogP contribution in [0.5, 0.6) is 0 Å². The number of hydrogen-bond donors (Lipinski definition) is 1. The fourth-order valence-electron chi connectivity index (χ4n) is 1.64. The monoisotopic (exact) mass is 238 g/mol. The molecule has 0 aliphatic heterocycles. The van der Waals surface area contributed by atoms with Crippen molar-refractivity contribution in [1.82, 2.24) is 9.78 Å². The summed E-state index contributed by atoms with van der Waals surface area (Å²) in [5.74, 6) is 0.756. The maximum absolute atomic E-state index is 11.4. The van der Waals surface area contributed by atoms with Gasteiger partial charge in [-0.2, -0.15) is 5.10 Å². The van der Waals surface area contributed by atoms with Crippen LogP contribution in [0.25, 0.3) is 0 Å². The number of aliphatic hydroxyl groups is 1. The molecule has 1 aliphatic carbocycles.